The molecule has 3 rings (SSSR count). The highest BCUT2D eigenvalue weighted by molar-refractivity contribution is 7.90. The van der Waals surface area contributed by atoms with Gasteiger partial charge in [0, 0.05) is 33.1 Å². The molecule has 9 nitrogen and oxygen atoms in total. The van der Waals surface area contributed by atoms with Crippen LogP contribution in [0.3, 0.4) is 0 Å². The quantitative estimate of drug-likeness (QED) is 0.331. The summed E-state index contributed by atoms with van der Waals surface area (Å²) in [4.78, 5) is 29.2. The summed E-state index contributed by atoms with van der Waals surface area (Å²) in [6, 6.07) is 20.1. The highest BCUT2D eigenvalue weighted by atomic mass is 32.2. The van der Waals surface area contributed by atoms with Crippen LogP contribution in [0, 0.1) is 5.82 Å². The maximum absolute atomic E-state index is 14.2. The van der Waals surface area contributed by atoms with Crippen molar-refractivity contribution in [2.24, 2.45) is 0 Å². The predicted molar refractivity (Wildman–Crippen MR) is 157 cm³/mol. The van der Waals surface area contributed by atoms with Crippen LogP contribution in [0.15, 0.2) is 78.9 Å². The van der Waals surface area contributed by atoms with Crippen molar-refractivity contribution < 1.29 is 27.1 Å². The van der Waals surface area contributed by atoms with Crippen LogP contribution >= 0.6 is 0 Å². The zero-order chi connectivity index (χ0) is 30.2. The first-order chi connectivity index (χ1) is 19.4. The topological polar surface area (TPSA) is 99.3 Å². The number of nitrogens with one attached hydrogen (secondary N) is 1. The van der Waals surface area contributed by atoms with E-state index in [2.05, 4.69) is 5.32 Å². The Morgan fingerprint density at radius 3 is 2.15 bits per heavy atom. The lowest BCUT2D eigenvalue weighted by Crippen LogP contribution is -2.55. The van der Waals surface area contributed by atoms with E-state index in [0.29, 0.717) is 11.3 Å². The summed E-state index contributed by atoms with van der Waals surface area (Å²) in [7, 11) is 0.0578. The van der Waals surface area contributed by atoms with Crippen LogP contribution in [0.1, 0.15) is 25.0 Å². The molecule has 0 saturated carbocycles. The number of hydrogen-bond acceptors (Lipinski definition) is 5. The van der Waals surface area contributed by atoms with Gasteiger partial charge in [0.2, 0.25) is 11.8 Å². The molecular weight excluding hydrogens is 547 g/mol. The molecule has 0 saturated heterocycles. The lowest BCUT2D eigenvalue weighted by Gasteiger charge is -2.34. The molecule has 0 aliphatic heterocycles. The van der Waals surface area contributed by atoms with E-state index >= 15 is 0 Å². The highest BCUT2D eigenvalue weighted by Gasteiger charge is 2.35. The summed E-state index contributed by atoms with van der Waals surface area (Å²) in [5, 5.41) is 2.91. The lowest BCUT2D eigenvalue weighted by atomic mass is 10.0. The van der Waals surface area contributed by atoms with Gasteiger partial charge in [0.05, 0.1) is 12.8 Å². The number of carbonyl (C=O) groups excluding carboxylic acids is 2. The van der Waals surface area contributed by atoms with E-state index in [1.165, 1.54) is 38.2 Å². The number of nitrogens with zero attached hydrogens (tertiary/aromatic N) is 3. The monoisotopic (exact) mass is 584 g/mol. The van der Waals surface area contributed by atoms with Gasteiger partial charge in [0.25, 0.3) is 0 Å². The number of benzene rings is 3. The van der Waals surface area contributed by atoms with Crippen LogP contribution in [-0.2, 0) is 32.8 Å². The van der Waals surface area contributed by atoms with Crippen molar-refractivity contribution in [1.29, 1.82) is 0 Å². The second kappa shape index (κ2) is 14.1. The van der Waals surface area contributed by atoms with E-state index < -0.39 is 34.5 Å². The van der Waals surface area contributed by atoms with Gasteiger partial charge in [0.1, 0.15) is 24.2 Å². The minimum Gasteiger partial charge on any atom is -0.497 e. The van der Waals surface area contributed by atoms with E-state index in [0.717, 1.165) is 26.3 Å². The molecule has 0 radical (unpaired) electrons. The molecule has 0 fully saturated rings. The Kier molecular flexibility index (Phi) is 10.8. The van der Waals surface area contributed by atoms with Crippen molar-refractivity contribution in [2.45, 2.75) is 38.9 Å². The Hall–Kier alpha value is -3.96. The molecule has 0 heterocycles. The molecule has 0 spiro atoms. The molecule has 220 valence electrons. The van der Waals surface area contributed by atoms with Gasteiger partial charge < -0.3 is 15.0 Å². The summed E-state index contributed by atoms with van der Waals surface area (Å²) in [6.45, 7) is 3.05. The standard InChI is InChI=1S/C30H37FN4O5S/c1-22(2)32-30(37)28(19-23-10-7-6-8-11-23)34(20-24-12-9-13-27(18-24)40-5)29(36)21-35(41(38,39)33(3)4)26-16-14-25(31)15-17-26/h6-18,22,28H,19-21H2,1-5H3,(H,32,37). The van der Waals surface area contributed by atoms with Gasteiger partial charge >= 0.3 is 10.2 Å². The van der Waals surface area contributed by atoms with E-state index in [1.54, 1.807) is 24.3 Å². The molecule has 1 N–H and O–H groups in total. The third-order valence-electron chi connectivity index (χ3n) is 6.32. The van der Waals surface area contributed by atoms with Gasteiger partial charge in [-0.3, -0.25) is 9.59 Å². The second-order valence-electron chi connectivity index (χ2n) is 10.0. The van der Waals surface area contributed by atoms with Crippen molar-refractivity contribution in [3.8, 4) is 5.75 Å². The summed E-state index contributed by atoms with van der Waals surface area (Å²) < 4.78 is 47.6. The smallest absolute Gasteiger partial charge is 0.304 e. The fourth-order valence-electron chi connectivity index (χ4n) is 4.23. The molecule has 0 aromatic heterocycles. The lowest BCUT2D eigenvalue weighted by molar-refractivity contribution is -0.140. The Bertz CT molecular complexity index is 1420. The Morgan fingerprint density at radius 2 is 1.56 bits per heavy atom. The first kappa shape index (κ1) is 31.6. The third kappa shape index (κ3) is 8.51. The number of ether oxygens (including phenoxy) is 1. The van der Waals surface area contributed by atoms with Crippen molar-refractivity contribution in [3.05, 3.63) is 95.8 Å². The van der Waals surface area contributed by atoms with Gasteiger partial charge in [-0.2, -0.15) is 12.7 Å². The summed E-state index contributed by atoms with van der Waals surface area (Å²) in [6.07, 6.45) is 0.200. The average molecular weight is 585 g/mol. The zero-order valence-corrected chi connectivity index (χ0v) is 24.8. The fraction of sp³-hybridized carbons (Fsp3) is 0.333. The van der Waals surface area contributed by atoms with Gasteiger partial charge in [0.15, 0.2) is 0 Å². The van der Waals surface area contributed by atoms with Gasteiger partial charge in [-0.1, -0.05) is 42.5 Å². The number of anilines is 1. The number of methoxy groups -OCH3 is 1. The number of hydrogen-bond donors (Lipinski definition) is 1. The van der Waals surface area contributed by atoms with Crippen LogP contribution in [0.4, 0.5) is 10.1 Å². The second-order valence-corrected chi connectivity index (χ2v) is 12.1. The predicted octanol–water partition coefficient (Wildman–Crippen LogP) is 3.61. The van der Waals surface area contributed by atoms with E-state index in [4.69, 9.17) is 4.74 Å². The summed E-state index contributed by atoms with van der Waals surface area (Å²) in [5.74, 6) is -0.953. The normalized spacial score (nSPS) is 12.2. The molecule has 11 heteroatoms. The van der Waals surface area contributed by atoms with Crippen LogP contribution in [-0.4, -0.2) is 69.3 Å². The van der Waals surface area contributed by atoms with Gasteiger partial charge in [-0.15, -0.1) is 0 Å². The van der Waals surface area contributed by atoms with Crippen molar-refractivity contribution in [1.82, 2.24) is 14.5 Å². The molecule has 3 aromatic rings. The first-order valence-corrected chi connectivity index (χ1v) is 14.5. The third-order valence-corrected chi connectivity index (χ3v) is 8.14. The van der Waals surface area contributed by atoms with E-state index in [-0.39, 0.29) is 30.6 Å². The molecule has 0 bridgehead atoms. The number of rotatable bonds is 13. The van der Waals surface area contributed by atoms with Crippen molar-refractivity contribution in [2.75, 3.05) is 32.1 Å². The van der Waals surface area contributed by atoms with Crippen LogP contribution < -0.4 is 14.4 Å². The van der Waals surface area contributed by atoms with E-state index in [9.17, 15) is 22.4 Å². The fourth-order valence-corrected chi connectivity index (χ4v) is 5.28. The van der Waals surface area contributed by atoms with Gasteiger partial charge in [-0.25, -0.2) is 8.70 Å². The largest absolute Gasteiger partial charge is 0.497 e. The molecule has 1 unspecified atom stereocenters. The van der Waals surface area contributed by atoms with Crippen LogP contribution in [0.5, 0.6) is 5.75 Å². The minimum absolute atomic E-state index is 0.0122. The number of halogens is 1. The average Bonchev–Trinajstić information content (AvgIpc) is 2.94. The van der Waals surface area contributed by atoms with Crippen LogP contribution in [0.2, 0.25) is 0 Å². The van der Waals surface area contributed by atoms with Crippen molar-refractivity contribution in [3.63, 3.8) is 0 Å². The molecule has 1 atom stereocenters. The minimum atomic E-state index is -4.16. The molecular formula is C30H37FN4O5S. The summed E-state index contributed by atoms with van der Waals surface area (Å²) in [5.41, 5.74) is 1.63. The Labute approximate surface area is 241 Å². The number of amides is 2. The molecule has 3 aromatic carbocycles. The molecule has 0 aliphatic carbocycles. The SMILES string of the molecule is COc1cccc(CN(C(=O)CN(c2ccc(F)cc2)S(=O)(=O)N(C)C)C(Cc2ccccc2)C(=O)NC(C)C)c1. The van der Waals surface area contributed by atoms with Gasteiger partial charge in [-0.05, 0) is 61.4 Å². The maximum atomic E-state index is 14.2. The zero-order valence-electron chi connectivity index (χ0n) is 24.0. The molecule has 2 amide bonds. The Balaban J connectivity index is 2.10. The molecule has 0 aliphatic rings. The first-order valence-electron chi connectivity index (χ1n) is 13.1. The summed E-state index contributed by atoms with van der Waals surface area (Å²) >= 11 is 0. The van der Waals surface area contributed by atoms with E-state index in [1.807, 2.05) is 44.2 Å². The van der Waals surface area contributed by atoms with Crippen LogP contribution in [0.25, 0.3) is 0 Å². The van der Waals surface area contributed by atoms with Crippen molar-refractivity contribution >= 4 is 27.7 Å². The maximum Gasteiger partial charge on any atom is 0.304 e. The highest BCUT2D eigenvalue weighted by Crippen LogP contribution is 2.23. The molecule has 41 heavy (non-hydrogen) atoms. The number of carbonyl (C=O) groups is 2. The Morgan fingerprint density at radius 1 is 0.927 bits per heavy atom.